The Morgan fingerprint density at radius 2 is 2.06 bits per heavy atom. The number of aromatic nitrogens is 3. The quantitative estimate of drug-likeness (QED) is 0.853. The van der Waals surface area contributed by atoms with Gasteiger partial charge in [0.15, 0.2) is 0 Å². The summed E-state index contributed by atoms with van der Waals surface area (Å²) in [6, 6.07) is 5.58. The first-order valence-electron chi connectivity index (χ1n) is 5.27. The van der Waals surface area contributed by atoms with E-state index in [4.69, 9.17) is 23.2 Å². The van der Waals surface area contributed by atoms with Crippen molar-refractivity contribution >= 4 is 23.2 Å². The van der Waals surface area contributed by atoms with E-state index in [-0.39, 0.29) is 5.41 Å². The van der Waals surface area contributed by atoms with Gasteiger partial charge < -0.3 is 0 Å². The molecule has 0 aliphatic rings. The molecule has 0 amide bonds. The Bertz CT molecular complexity index is 506. The van der Waals surface area contributed by atoms with Crippen LogP contribution in [-0.2, 0) is 12.0 Å². The van der Waals surface area contributed by atoms with E-state index >= 15 is 0 Å². The molecule has 1 aromatic carbocycles. The SMILES string of the molecule is CC(C)(Cn1cncn1)c1ccc(Cl)cc1Cl. The van der Waals surface area contributed by atoms with Crippen molar-refractivity contribution in [2.24, 2.45) is 0 Å². The number of rotatable bonds is 3. The van der Waals surface area contributed by atoms with Gasteiger partial charge in [-0.2, -0.15) is 5.10 Å². The molecule has 17 heavy (non-hydrogen) atoms. The molecule has 1 aromatic heterocycles. The van der Waals surface area contributed by atoms with Gasteiger partial charge in [0.2, 0.25) is 0 Å². The normalized spacial score (nSPS) is 11.8. The Hall–Kier alpha value is -1.06. The second-order valence-corrected chi connectivity index (χ2v) is 5.44. The predicted molar refractivity (Wildman–Crippen MR) is 69.5 cm³/mol. The molecule has 2 aromatic rings. The Morgan fingerprint density at radius 1 is 1.29 bits per heavy atom. The smallest absolute Gasteiger partial charge is 0.137 e. The fraction of sp³-hybridized carbons (Fsp3) is 0.333. The summed E-state index contributed by atoms with van der Waals surface area (Å²) >= 11 is 12.1. The number of hydrogen-bond acceptors (Lipinski definition) is 2. The van der Waals surface area contributed by atoms with Gasteiger partial charge in [-0.05, 0) is 17.7 Å². The van der Waals surface area contributed by atoms with Gasteiger partial charge in [0.05, 0.1) is 6.54 Å². The van der Waals surface area contributed by atoms with Crippen LogP contribution in [0.4, 0.5) is 0 Å². The fourth-order valence-corrected chi connectivity index (χ4v) is 2.51. The van der Waals surface area contributed by atoms with Crippen LogP contribution in [0.2, 0.25) is 10.0 Å². The number of nitrogens with zero attached hydrogens (tertiary/aromatic N) is 3. The van der Waals surface area contributed by atoms with Crippen LogP contribution >= 0.6 is 23.2 Å². The highest BCUT2D eigenvalue weighted by molar-refractivity contribution is 6.35. The van der Waals surface area contributed by atoms with E-state index in [2.05, 4.69) is 23.9 Å². The van der Waals surface area contributed by atoms with Crippen molar-refractivity contribution in [1.29, 1.82) is 0 Å². The van der Waals surface area contributed by atoms with Crippen LogP contribution < -0.4 is 0 Å². The Morgan fingerprint density at radius 3 is 2.65 bits per heavy atom. The van der Waals surface area contributed by atoms with Crippen LogP contribution in [0.3, 0.4) is 0 Å². The molecule has 3 nitrogen and oxygen atoms in total. The zero-order chi connectivity index (χ0) is 12.5. The van der Waals surface area contributed by atoms with E-state index in [0.29, 0.717) is 16.6 Å². The summed E-state index contributed by atoms with van der Waals surface area (Å²) in [5, 5.41) is 5.44. The maximum Gasteiger partial charge on any atom is 0.137 e. The molecule has 2 rings (SSSR count). The van der Waals surface area contributed by atoms with Gasteiger partial charge in [0.25, 0.3) is 0 Å². The van der Waals surface area contributed by atoms with E-state index in [1.165, 1.54) is 6.33 Å². The Kier molecular flexibility index (Phi) is 3.40. The molecule has 5 heteroatoms. The van der Waals surface area contributed by atoms with Crippen molar-refractivity contribution in [3.05, 3.63) is 46.5 Å². The van der Waals surface area contributed by atoms with Crippen molar-refractivity contribution in [3.63, 3.8) is 0 Å². The lowest BCUT2D eigenvalue weighted by molar-refractivity contribution is 0.408. The Labute approximate surface area is 110 Å². The zero-order valence-electron chi connectivity index (χ0n) is 9.69. The van der Waals surface area contributed by atoms with Gasteiger partial charge in [0.1, 0.15) is 12.7 Å². The Balaban J connectivity index is 2.30. The van der Waals surface area contributed by atoms with Gasteiger partial charge in [-0.1, -0.05) is 43.1 Å². The van der Waals surface area contributed by atoms with Gasteiger partial charge >= 0.3 is 0 Å². The highest BCUT2D eigenvalue weighted by atomic mass is 35.5. The molecule has 0 atom stereocenters. The molecule has 0 aliphatic carbocycles. The van der Waals surface area contributed by atoms with E-state index in [0.717, 1.165) is 5.56 Å². The lowest BCUT2D eigenvalue weighted by Gasteiger charge is -2.26. The van der Waals surface area contributed by atoms with Gasteiger partial charge in [0, 0.05) is 15.5 Å². The summed E-state index contributed by atoms with van der Waals surface area (Å²) in [6.45, 7) is 4.95. The van der Waals surface area contributed by atoms with E-state index in [9.17, 15) is 0 Å². The second kappa shape index (κ2) is 4.67. The van der Waals surface area contributed by atoms with Crippen LogP contribution in [0, 0.1) is 0 Å². The number of benzene rings is 1. The molecule has 0 unspecified atom stereocenters. The van der Waals surface area contributed by atoms with Gasteiger partial charge in [-0.25, -0.2) is 4.98 Å². The molecule has 1 heterocycles. The van der Waals surface area contributed by atoms with Crippen molar-refractivity contribution in [1.82, 2.24) is 14.8 Å². The summed E-state index contributed by atoms with van der Waals surface area (Å²) in [4.78, 5) is 3.93. The minimum Gasteiger partial charge on any atom is -0.252 e. The molecule has 0 saturated heterocycles. The van der Waals surface area contributed by atoms with Crippen molar-refractivity contribution in [3.8, 4) is 0 Å². The topological polar surface area (TPSA) is 30.7 Å². The molecular weight excluding hydrogens is 257 g/mol. The third-order valence-corrected chi connectivity index (χ3v) is 3.23. The van der Waals surface area contributed by atoms with E-state index < -0.39 is 0 Å². The first-order chi connectivity index (χ1) is 7.99. The summed E-state index contributed by atoms with van der Waals surface area (Å²) in [7, 11) is 0. The van der Waals surface area contributed by atoms with Gasteiger partial charge in [-0.3, -0.25) is 4.68 Å². The summed E-state index contributed by atoms with van der Waals surface area (Å²) < 4.78 is 1.80. The number of halogens is 2. The lowest BCUT2D eigenvalue weighted by Crippen LogP contribution is -2.25. The maximum atomic E-state index is 6.22. The average molecular weight is 270 g/mol. The standard InChI is InChI=1S/C12H13Cl2N3/c1-12(2,6-17-8-15-7-16-17)10-4-3-9(13)5-11(10)14/h3-5,7-8H,6H2,1-2H3. The molecular formula is C12H13Cl2N3. The first kappa shape index (κ1) is 12.4. The third-order valence-electron chi connectivity index (χ3n) is 2.68. The van der Waals surface area contributed by atoms with Crippen molar-refractivity contribution in [2.75, 3.05) is 0 Å². The number of hydrogen-bond donors (Lipinski definition) is 0. The van der Waals surface area contributed by atoms with Crippen LogP contribution in [0.25, 0.3) is 0 Å². The van der Waals surface area contributed by atoms with Crippen LogP contribution in [-0.4, -0.2) is 14.8 Å². The average Bonchev–Trinajstić information content (AvgIpc) is 2.68. The van der Waals surface area contributed by atoms with E-state index in [1.807, 2.05) is 12.1 Å². The molecule has 0 N–H and O–H groups in total. The molecule has 0 saturated carbocycles. The fourth-order valence-electron chi connectivity index (χ4n) is 1.84. The molecule has 0 fully saturated rings. The minimum absolute atomic E-state index is 0.130. The van der Waals surface area contributed by atoms with Crippen molar-refractivity contribution in [2.45, 2.75) is 25.8 Å². The first-order valence-corrected chi connectivity index (χ1v) is 6.02. The molecule has 0 aliphatic heterocycles. The predicted octanol–water partition coefficient (Wildman–Crippen LogP) is 3.56. The van der Waals surface area contributed by atoms with Crippen LogP contribution in [0.15, 0.2) is 30.9 Å². The third kappa shape index (κ3) is 2.79. The van der Waals surface area contributed by atoms with E-state index in [1.54, 1.807) is 17.1 Å². The van der Waals surface area contributed by atoms with Crippen LogP contribution in [0.1, 0.15) is 19.4 Å². The summed E-state index contributed by atoms with van der Waals surface area (Å²) in [5.41, 5.74) is 0.925. The van der Waals surface area contributed by atoms with Gasteiger partial charge in [-0.15, -0.1) is 0 Å². The van der Waals surface area contributed by atoms with Crippen molar-refractivity contribution < 1.29 is 0 Å². The molecule has 0 bridgehead atoms. The molecule has 90 valence electrons. The highest BCUT2D eigenvalue weighted by Gasteiger charge is 2.24. The lowest BCUT2D eigenvalue weighted by atomic mass is 9.84. The summed E-state index contributed by atoms with van der Waals surface area (Å²) in [5.74, 6) is 0. The second-order valence-electron chi connectivity index (χ2n) is 4.60. The largest absolute Gasteiger partial charge is 0.252 e. The monoisotopic (exact) mass is 269 g/mol. The zero-order valence-corrected chi connectivity index (χ0v) is 11.2. The summed E-state index contributed by atoms with van der Waals surface area (Å²) in [6.07, 6.45) is 3.23. The highest BCUT2D eigenvalue weighted by Crippen LogP contribution is 2.32. The van der Waals surface area contributed by atoms with Crippen LogP contribution in [0.5, 0.6) is 0 Å². The molecule has 0 spiro atoms. The minimum atomic E-state index is -0.130. The maximum absolute atomic E-state index is 6.22. The molecule has 0 radical (unpaired) electrons.